The molecule has 0 heterocycles. The smallest absolute Gasteiger partial charge is 0.407 e. The van der Waals surface area contributed by atoms with Crippen molar-refractivity contribution in [2.24, 2.45) is 0 Å². The third-order valence-corrected chi connectivity index (χ3v) is 2.50. The Hall–Kier alpha value is -2.57. The lowest BCUT2D eigenvalue weighted by molar-refractivity contribution is -0.125. The lowest BCUT2D eigenvalue weighted by atomic mass is 10.2. The Morgan fingerprint density at radius 1 is 1.00 bits per heavy atom. The SMILES string of the molecule is CC(C)NC(=O)CNC(=O)CNC(=O)OCc1ccccc1. The van der Waals surface area contributed by atoms with Crippen molar-refractivity contribution in [1.82, 2.24) is 16.0 Å². The summed E-state index contributed by atoms with van der Waals surface area (Å²) in [5, 5.41) is 7.34. The highest BCUT2D eigenvalue weighted by Gasteiger charge is 2.08. The molecule has 0 unspecified atom stereocenters. The van der Waals surface area contributed by atoms with Crippen LogP contribution in [0.3, 0.4) is 0 Å². The molecule has 1 rings (SSSR count). The van der Waals surface area contributed by atoms with Crippen LogP contribution in [0.5, 0.6) is 0 Å². The van der Waals surface area contributed by atoms with E-state index >= 15 is 0 Å². The minimum absolute atomic E-state index is 0.00971. The van der Waals surface area contributed by atoms with Gasteiger partial charge in [0.2, 0.25) is 11.8 Å². The average molecular weight is 307 g/mol. The third kappa shape index (κ3) is 7.88. The van der Waals surface area contributed by atoms with Crippen molar-refractivity contribution in [2.75, 3.05) is 13.1 Å². The van der Waals surface area contributed by atoms with Crippen molar-refractivity contribution in [1.29, 1.82) is 0 Å². The summed E-state index contributed by atoms with van der Waals surface area (Å²) in [7, 11) is 0. The topological polar surface area (TPSA) is 96.5 Å². The molecule has 0 atom stereocenters. The molecular formula is C15H21N3O4. The molecule has 1 aromatic rings. The van der Waals surface area contributed by atoms with E-state index in [4.69, 9.17) is 4.74 Å². The number of carbonyl (C=O) groups excluding carboxylic acids is 3. The van der Waals surface area contributed by atoms with E-state index in [1.54, 1.807) is 0 Å². The van der Waals surface area contributed by atoms with Crippen LogP contribution in [0.25, 0.3) is 0 Å². The van der Waals surface area contributed by atoms with Gasteiger partial charge in [0.1, 0.15) is 13.2 Å². The second-order valence-electron chi connectivity index (χ2n) is 4.91. The molecule has 0 aliphatic rings. The molecule has 0 bridgehead atoms. The minimum Gasteiger partial charge on any atom is -0.445 e. The van der Waals surface area contributed by atoms with Crippen LogP contribution in [0.15, 0.2) is 30.3 Å². The largest absolute Gasteiger partial charge is 0.445 e. The highest BCUT2D eigenvalue weighted by Crippen LogP contribution is 2.00. The van der Waals surface area contributed by atoms with Gasteiger partial charge in [-0.2, -0.15) is 0 Å². The molecular weight excluding hydrogens is 286 g/mol. The number of alkyl carbamates (subject to hydrolysis) is 1. The van der Waals surface area contributed by atoms with Gasteiger partial charge in [-0.05, 0) is 19.4 Å². The monoisotopic (exact) mass is 307 g/mol. The van der Waals surface area contributed by atoms with Crippen LogP contribution in [0.1, 0.15) is 19.4 Å². The predicted molar refractivity (Wildman–Crippen MR) is 80.9 cm³/mol. The highest BCUT2D eigenvalue weighted by molar-refractivity contribution is 5.87. The maximum absolute atomic E-state index is 11.5. The number of carbonyl (C=O) groups is 3. The van der Waals surface area contributed by atoms with E-state index in [2.05, 4.69) is 16.0 Å². The number of ether oxygens (including phenoxy) is 1. The summed E-state index contributed by atoms with van der Waals surface area (Å²) in [6, 6.07) is 9.21. The Morgan fingerprint density at radius 3 is 2.27 bits per heavy atom. The zero-order chi connectivity index (χ0) is 16.4. The van der Waals surface area contributed by atoms with Crippen molar-refractivity contribution in [3.05, 3.63) is 35.9 Å². The molecule has 0 aliphatic carbocycles. The summed E-state index contributed by atoms with van der Waals surface area (Å²) < 4.78 is 4.95. The second kappa shape index (κ2) is 9.38. The van der Waals surface area contributed by atoms with Gasteiger partial charge in [-0.15, -0.1) is 0 Å². The van der Waals surface area contributed by atoms with Gasteiger partial charge in [0.05, 0.1) is 6.54 Å². The molecule has 120 valence electrons. The van der Waals surface area contributed by atoms with E-state index in [1.165, 1.54) is 0 Å². The van der Waals surface area contributed by atoms with E-state index in [0.717, 1.165) is 5.56 Å². The van der Waals surface area contributed by atoms with Gasteiger partial charge < -0.3 is 20.7 Å². The molecule has 0 aromatic heterocycles. The van der Waals surface area contributed by atoms with E-state index in [-0.39, 0.29) is 31.6 Å². The first-order valence-electron chi connectivity index (χ1n) is 6.98. The number of benzene rings is 1. The Kier molecular flexibility index (Phi) is 7.45. The molecule has 0 saturated carbocycles. The Labute approximate surface area is 129 Å². The number of nitrogens with one attached hydrogen (secondary N) is 3. The summed E-state index contributed by atoms with van der Waals surface area (Å²) >= 11 is 0. The van der Waals surface area contributed by atoms with E-state index < -0.39 is 12.0 Å². The zero-order valence-corrected chi connectivity index (χ0v) is 12.7. The zero-order valence-electron chi connectivity index (χ0n) is 12.7. The van der Waals surface area contributed by atoms with Gasteiger partial charge >= 0.3 is 6.09 Å². The molecule has 3 amide bonds. The number of hydrogen-bond acceptors (Lipinski definition) is 4. The molecule has 0 radical (unpaired) electrons. The Bertz CT molecular complexity index is 503. The summed E-state index contributed by atoms with van der Waals surface area (Å²) in [6.45, 7) is 3.40. The van der Waals surface area contributed by atoms with Gasteiger partial charge in [0.15, 0.2) is 0 Å². The predicted octanol–water partition coefficient (Wildman–Crippen LogP) is 0.554. The standard InChI is InChI=1S/C15H21N3O4/c1-11(2)18-14(20)9-16-13(19)8-17-15(21)22-10-12-6-4-3-5-7-12/h3-7,11H,8-10H2,1-2H3,(H,16,19)(H,17,21)(H,18,20). The molecule has 22 heavy (non-hydrogen) atoms. The highest BCUT2D eigenvalue weighted by atomic mass is 16.5. The van der Waals surface area contributed by atoms with E-state index in [9.17, 15) is 14.4 Å². The van der Waals surface area contributed by atoms with Crippen molar-refractivity contribution in [3.8, 4) is 0 Å². The van der Waals surface area contributed by atoms with Crippen LogP contribution in [-0.4, -0.2) is 37.0 Å². The molecule has 7 nitrogen and oxygen atoms in total. The second-order valence-corrected chi connectivity index (χ2v) is 4.91. The molecule has 1 aromatic carbocycles. The molecule has 0 spiro atoms. The first-order chi connectivity index (χ1) is 10.5. The first kappa shape index (κ1) is 17.5. The maximum Gasteiger partial charge on any atom is 0.407 e. The van der Waals surface area contributed by atoms with Crippen LogP contribution >= 0.6 is 0 Å². The molecule has 0 fully saturated rings. The number of rotatable bonds is 7. The van der Waals surface area contributed by atoms with Gasteiger partial charge in [0.25, 0.3) is 0 Å². The lowest BCUT2D eigenvalue weighted by Crippen LogP contribution is -2.43. The van der Waals surface area contributed by atoms with Crippen molar-refractivity contribution in [3.63, 3.8) is 0 Å². The van der Waals surface area contributed by atoms with Gasteiger partial charge in [-0.3, -0.25) is 9.59 Å². The normalized spacial score (nSPS) is 9.95. The van der Waals surface area contributed by atoms with Gasteiger partial charge in [-0.25, -0.2) is 4.79 Å². The fraction of sp³-hybridized carbons (Fsp3) is 0.400. The molecule has 3 N–H and O–H groups in total. The third-order valence-electron chi connectivity index (χ3n) is 2.50. The number of amides is 3. The van der Waals surface area contributed by atoms with Crippen molar-refractivity contribution in [2.45, 2.75) is 26.5 Å². The van der Waals surface area contributed by atoms with Crippen LogP contribution in [-0.2, 0) is 20.9 Å². The van der Waals surface area contributed by atoms with Crippen molar-refractivity contribution >= 4 is 17.9 Å². The van der Waals surface area contributed by atoms with Gasteiger partial charge in [0, 0.05) is 6.04 Å². The maximum atomic E-state index is 11.5. The summed E-state index contributed by atoms with van der Waals surface area (Å²) in [6.07, 6.45) is -0.689. The molecule has 0 saturated heterocycles. The Balaban J connectivity index is 2.15. The van der Waals surface area contributed by atoms with Crippen LogP contribution in [0.2, 0.25) is 0 Å². The average Bonchev–Trinajstić information content (AvgIpc) is 2.49. The quantitative estimate of drug-likeness (QED) is 0.685. The van der Waals surface area contributed by atoms with Crippen LogP contribution in [0.4, 0.5) is 4.79 Å². The lowest BCUT2D eigenvalue weighted by Gasteiger charge is -2.10. The van der Waals surface area contributed by atoms with E-state index in [1.807, 2.05) is 44.2 Å². The molecule has 7 heteroatoms. The van der Waals surface area contributed by atoms with E-state index in [0.29, 0.717) is 0 Å². The Morgan fingerprint density at radius 2 is 1.64 bits per heavy atom. The van der Waals surface area contributed by atoms with Crippen molar-refractivity contribution < 1.29 is 19.1 Å². The summed E-state index contributed by atoms with van der Waals surface area (Å²) in [5.74, 6) is -0.745. The fourth-order valence-electron chi connectivity index (χ4n) is 1.54. The fourth-order valence-corrected chi connectivity index (χ4v) is 1.54. The van der Waals surface area contributed by atoms with Crippen LogP contribution in [0, 0.1) is 0 Å². The first-order valence-corrected chi connectivity index (χ1v) is 6.98. The molecule has 0 aliphatic heterocycles. The summed E-state index contributed by atoms with van der Waals surface area (Å²) in [4.78, 5) is 34.2. The van der Waals surface area contributed by atoms with Crippen LogP contribution < -0.4 is 16.0 Å². The van der Waals surface area contributed by atoms with Gasteiger partial charge in [-0.1, -0.05) is 30.3 Å². The minimum atomic E-state index is -0.689. The summed E-state index contributed by atoms with van der Waals surface area (Å²) in [5.41, 5.74) is 0.854. The number of hydrogen-bond donors (Lipinski definition) is 3.